The number of phosphoric acid groups is 1. The number of ether oxygens (including phenoxy) is 1. The van der Waals surface area contributed by atoms with E-state index in [2.05, 4.69) is 24.8 Å². The van der Waals surface area contributed by atoms with Crippen molar-refractivity contribution >= 4 is 24.8 Å². The van der Waals surface area contributed by atoms with Crippen LogP contribution in [0.3, 0.4) is 0 Å². The number of rotatable bonds is 7. The number of phosphoric ester groups is 1. The second-order valence-electron chi connectivity index (χ2n) is 7.32. The molecule has 1 saturated heterocycles. The van der Waals surface area contributed by atoms with Gasteiger partial charge >= 0.3 is 7.82 Å². The van der Waals surface area contributed by atoms with Crippen molar-refractivity contribution in [3.05, 3.63) is 47.8 Å². The first-order valence-electron chi connectivity index (χ1n) is 9.52. The van der Waals surface area contributed by atoms with Crippen LogP contribution in [-0.2, 0) is 20.4 Å². The first-order valence-corrected chi connectivity index (χ1v) is 11.0. The summed E-state index contributed by atoms with van der Waals surface area (Å²) < 4.78 is 36.0. The van der Waals surface area contributed by atoms with Gasteiger partial charge in [-0.2, -0.15) is 0 Å². The molecule has 1 aliphatic rings. The van der Waals surface area contributed by atoms with Gasteiger partial charge < -0.3 is 30.1 Å². The number of imidazole rings is 1. The topological polar surface area (TPSA) is 172 Å². The van der Waals surface area contributed by atoms with Crippen LogP contribution in [0.15, 0.2) is 30.9 Å². The van der Waals surface area contributed by atoms with E-state index < -0.39 is 39.0 Å². The Bertz CT molecular complexity index is 1170. The summed E-state index contributed by atoms with van der Waals surface area (Å²) in [5.41, 5.74) is 1.87. The number of aliphatic hydroxyl groups excluding tert-OH is 2. The van der Waals surface area contributed by atoms with Gasteiger partial charge in [-0.3, -0.25) is 9.09 Å². The summed E-state index contributed by atoms with van der Waals surface area (Å²) in [4.78, 5) is 30.2. The molecule has 12 nitrogen and oxygen atoms in total. The van der Waals surface area contributed by atoms with E-state index in [4.69, 9.17) is 14.5 Å². The lowest BCUT2D eigenvalue weighted by Crippen LogP contribution is -2.33. The van der Waals surface area contributed by atoms with Crippen LogP contribution >= 0.6 is 7.82 Å². The lowest BCUT2D eigenvalue weighted by Gasteiger charge is -2.16. The zero-order valence-electron chi connectivity index (χ0n) is 16.7. The van der Waals surface area contributed by atoms with Crippen LogP contribution in [0.1, 0.15) is 17.4 Å². The Balaban J connectivity index is 1.53. The van der Waals surface area contributed by atoms with Gasteiger partial charge in [0.1, 0.15) is 30.5 Å². The molecule has 0 unspecified atom stereocenters. The fraction of sp³-hybridized carbons (Fsp3) is 0.389. The van der Waals surface area contributed by atoms with Gasteiger partial charge in [0.25, 0.3) is 0 Å². The van der Waals surface area contributed by atoms with Gasteiger partial charge in [0.15, 0.2) is 23.2 Å². The van der Waals surface area contributed by atoms with E-state index in [0.717, 1.165) is 0 Å². The summed E-state index contributed by atoms with van der Waals surface area (Å²) in [5.74, 6) is 0.0498. The third-order valence-electron chi connectivity index (χ3n) is 5.07. The van der Waals surface area contributed by atoms with Crippen molar-refractivity contribution in [2.75, 3.05) is 11.9 Å². The molecule has 32 heavy (non-hydrogen) atoms. The van der Waals surface area contributed by atoms with E-state index >= 15 is 0 Å². The molecule has 5 N–H and O–H groups in total. The normalized spacial score (nSPS) is 23.7. The molecule has 3 heterocycles. The number of fused-ring (bicyclic) bond motifs is 1. The van der Waals surface area contributed by atoms with Crippen molar-refractivity contribution in [3.63, 3.8) is 0 Å². The maximum absolute atomic E-state index is 13.8. The fourth-order valence-electron chi connectivity index (χ4n) is 3.37. The smallest absolute Gasteiger partial charge is 0.387 e. The van der Waals surface area contributed by atoms with Crippen molar-refractivity contribution in [1.82, 2.24) is 19.5 Å². The third-order valence-corrected chi connectivity index (χ3v) is 5.56. The summed E-state index contributed by atoms with van der Waals surface area (Å²) in [5, 5.41) is 23.6. The van der Waals surface area contributed by atoms with Crippen molar-refractivity contribution in [3.8, 4) is 0 Å². The van der Waals surface area contributed by atoms with Gasteiger partial charge in [0.05, 0.1) is 12.9 Å². The molecule has 0 spiro atoms. The zero-order chi connectivity index (χ0) is 23.0. The highest BCUT2D eigenvalue weighted by Gasteiger charge is 2.45. The van der Waals surface area contributed by atoms with Gasteiger partial charge in [0, 0.05) is 6.54 Å². The molecule has 0 saturated carbocycles. The third kappa shape index (κ3) is 4.64. The molecule has 172 valence electrons. The largest absolute Gasteiger partial charge is 0.469 e. The molecule has 0 radical (unpaired) electrons. The first kappa shape index (κ1) is 22.7. The van der Waals surface area contributed by atoms with Crippen molar-refractivity contribution < 1.29 is 38.2 Å². The number of nitrogens with one attached hydrogen (secondary N) is 1. The monoisotopic (exact) mass is 469 g/mol. The van der Waals surface area contributed by atoms with Crippen LogP contribution in [0.4, 0.5) is 10.2 Å². The number of aryl methyl sites for hydroxylation is 1. The Morgan fingerprint density at radius 3 is 2.75 bits per heavy atom. The Hall–Kier alpha value is -2.51. The molecule has 1 fully saturated rings. The summed E-state index contributed by atoms with van der Waals surface area (Å²) in [6.45, 7) is 1.33. The van der Waals surface area contributed by atoms with Crippen LogP contribution in [0, 0.1) is 12.7 Å². The number of hydrogen-bond donors (Lipinski definition) is 5. The van der Waals surface area contributed by atoms with Crippen LogP contribution in [0.25, 0.3) is 11.2 Å². The molecule has 14 heteroatoms. The van der Waals surface area contributed by atoms with E-state index in [1.165, 1.54) is 23.3 Å². The van der Waals surface area contributed by atoms with E-state index in [0.29, 0.717) is 22.5 Å². The molecule has 2 aromatic heterocycles. The van der Waals surface area contributed by atoms with E-state index in [-0.39, 0.29) is 18.0 Å². The SMILES string of the molecule is Cc1ccc(CNc2ncnc3c2ncn3[C@@H]2O[C@H](COP(=O)(O)O)[C@@H](O)[C@H]2O)cc1F. The molecule has 1 aromatic carbocycles. The second kappa shape index (κ2) is 8.79. The average molecular weight is 469 g/mol. The highest BCUT2D eigenvalue weighted by Crippen LogP contribution is 2.39. The number of nitrogens with zero attached hydrogens (tertiary/aromatic N) is 4. The van der Waals surface area contributed by atoms with Crippen LogP contribution in [0.5, 0.6) is 0 Å². The number of halogens is 1. The summed E-state index contributed by atoms with van der Waals surface area (Å²) in [7, 11) is -4.77. The van der Waals surface area contributed by atoms with Crippen LogP contribution < -0.4 is 5.32 Å². The van der Waals surface area contributed by atoms with E-state index in [9.17, 15) is 19.2 Å². The molecular formula is C18H21FN5O7P. The van der Waals surface area contributed by atoms with Gasteiger partial charge in [-0.15, -0.1) is 0 Å². The number of anilines is 1. The zero-order valence-corrected chi connectivity index (χ0v) is 17.6. The Morgan fingerprint density at radius 2 is 2.03 bits per heavy atom. The molecule has 0 aliphatic carbocycles. The second-order valence-corrected chi connectivity index (χ2v) is 8.56. The molecule has 0 amide bonds. The quantitative estimate of drug-likeness (QED) is 0.307. The van der Waals surface area contributed by atoms with Crippen molar-refractivity contribution in [2.45, 2.75) is 38.0 Å². The lowest BCUT2D eigenvalue weighted by atomic mass is 10.1. The van der Waals surface area contributed by atoms with Gasteiger partial charge in [-0.05, 0) is 24.1 Å². The Morgan fingerprint density at radius 1 is 1.25 bits per heavy atom. The number of hydrogen-bond acceptors (Lipinski definition) is 9. The molecular weight excluding hydrogens is 448 g/mol. The molecule has 4 atom stereocenters. The predicted octanol–water partition coefficient (Wildman–Crippen LogP) is 0.614. The molecule has 4 rings (SSSR count). The summed E-state index contributed by atoms with van der Waals surface area (Å²) >= 11 is 0. The van der Waals surface area contributed by atoms with E-state index in [1.54, 1.807) is 19.1 Å². The van der Waals surface area contributed by atoms with Gasteiger partial charge in [-0.25, -0.2) is 23.9 Å². The minimum atomic E-state index is -4.77. The van der Waals surface area contributed by atoms with Gasteiger partial charge in [-0.1, -0.05) is 12.1 Å². The Labute approximate surface area is 180 Å². The molecule has 3 aromatic rings. The predicted molar refractivity (Wildman–Crippen MR) is 108 cm³/mol. The molecule has 0 bridgehead atoms. The maximum atomic E-state index is 13.8. The van der Waals surface area contributed by atoms with Gasteiger partial charge in [0.2, 0.25) is 0 Å². The summed E-state index contributed by atoms with van der Waals surface area (Å²) in [6.07, 6.45) is -2.60. The van der Waals surface area contributed by atoms with Crippen molar-refractivity contribution in [1.29, 1.82) is 0 Å². The lowest BCUT2D eigenvalue weighted by molar-refractivity contribution is -0.0504. The van der Waals surface area contributed by atoms with Crippen LogP contribution in [0.2, 0.25) is 0 Å². The highest BCUT2D eigenvalue weighted by atomic mass is 31.2. The van der Waals surface area contributed by atoms with Crippen molar-refractivity contribution in [2.24, 2.45) is 0 Å². The number of aromatic nitrogens is 4. The molecule has 1 aliphatic heterocycles. The fourth-order valence-corrected chi connectivity index (χ4v) is 3.71. The van der Waals surface area contributed by atoms with Crippen LogP contribution in [-0.4, -0.2) is 64.4 Å². The maximum Gasteiger partial charge on any atom is 0.469 e. The number of benzene rings is 1. The minimum absolute atomic E-state index is 0.277. The first-order chi connectivity index (χ1) is 15.1. The highest BCUT2D eigenvalue weighted by molar-refractivity contribution is 7.46. The average Bonchev–Trinajstić information content (AvgIpc) is 3.29. The summed E-state index contributed by atoms with van der Waals surface area (Å²) in [6, 6.07) is 4.88. The number of aliphatic hydroxyl groups is 2. The Kier molecular flexibility index (Phi) is 6.23. The minimum Gasteiger partial charge on any atom is -0.387 e. The standard InChI is InChI=1S/C18H21FN5O7P/c1-9-2-3-10(4-11(9)19)5-20-16-13-17(22-7-21-16)24(8-23-13)18-15(26)14(25)12(31-18)6-30-32(27,28)29/h2-4,7-8,12,14-15,18,25-26H,5-6H2,1H3,(H,20,21,22)(H2,27,28,29)/t12-,14-,15-,18-/m1/s1. The van der Waals surface area contributed by atoms with E-state index in [1.807, 2.05) is 0 Å².